The van der Waals surface area contributed by atoms with Crippen molar-refractivity contribution in [3.63, 3.8) is 0 Å². The third kappa shape index (κ3) is 7.26. The SMILES string of the molecule is COCC(=O)OCCN(C)C(=O)n1c(S(=O)Cc2nccc(OCC(F)(F)F)c2C)nc2ccccc21. The summed E-state index contributed by atoms with van der Waals surface area (Å²) in [6.07, 6.45) is -3.25. The predicted octanol–water partition coefficient (Wildman–Crippen LogP) is 3.08. The number of fused-ring (bicyclic) bond motifs is 1. The minimum Gasteiger partial charge on any atom is -0.484 e. The maximum absolute atomic E-state index is 13.4. The topological polar surface area (TPSA) is 113 Å². The third-order valence-corrected chi connectivity index (χ3v) is 6.34. The van der Waals surface area contributed by atoms with Crippen molar-refractivity contribution in [2.24, 2.45) is 0 Å². The summed E-state index contributed by atoms with van der Waals surface area (Å²) in [5.74, 6) is -0.835. The highest BCUT2D eigenvalue weighted by Gasteiger charge is 2.29. The Labute approximate surface area is 212 Å². The Kier molecular flexibility index (Phi) is 9.21. The fraction of sp³-hybridized carbons (Fsp3) is 0.391. The molecule has 0 saturated carbocycles. The summed E-state index contributed by atoms with van der Waals surface area (Å²) >= 11 is 0. The summed E-state index contributed by atoms with van der Waals surface area (Å²) in [4.78, 5) is 34.6. The van der Waals surface area contributed by atoms with Crippen LogP contribution in [0.4, 0.5) is 18.0 Å². The van der Waals surface area contributed by atoms with Crippen LogP contribution < -0.4 is 4.74 Å². The molecular weight excluding hydrogens is 517 g/mol. The molecule has 0 aliphatic carbocycles. The molecule has 14 heteroatoms. The predicted molar refractivity (Wildman–Crippen MR) is 127 cm³/mol. The molecule has 1 amide bonds. The van der Waals surface area contributed by atoms with E-state index in [2.05, 4.69) is 14.7 Å². The van der Waals surface area contributed by atoms with Crippen LogP contribution in [-0.4, -0.2) is 82.3 Å². The lowest BCUT2D eigenvalue weighted by atomic mass is 10.2. The number of halogens is 3. The zero-order chi connectivity index (χ0) is 27.2. The molecule has 37 heavy (non-hydrogen) atoms. The number of amides is 1. The highest BCUT2D eigenvalue weighted by molar-refractivity contribution is 7.84. The number of methoxy groups -OCH3 is 1. The second-order valence-corrected chi connectivity index (χ2v) is 9.20. The molecular formula is C23H25F3N4O6S. The first-order valence-corrected chi connectivity index (χ1v) is 12.2. The van der Waals surface area contributed by atoms with Gasteiger partial charge in [0.2, 0.25) is 5.16 Å². The average Bonchev–Trinajstić information content (AvgIpc) is 3.23. The number of aromatic nitrogens is 3. The smallest absolute Gasteiger partial charge is 0.422 e. The van der Waals surface area contributed by atoms with Gasteiger partial charge in [-0.3, -0.25) is 9.19 Å². The van der Waals surface area contributed by atoms with Gasteiger partial charge in [-0.15, -0.1) is 0 Å². The number of ether oxygens (including phenoxy) is 3. The number of imidazole rings is 1. The number of likely N-dealkylation sites (N-methyl/N-ethyl adjacent to an activating group) is 1. The number of hydrogen-bond acceptors (Lipinski definition) is 8. The van der Waals surface area contributed by atoms with Gasteiger partial charge in [0.25, 0.3) is 0 Å². The molecule has 3 aromatic rings. The monoisotopic (exact) mass is 542 g/mol. The summed E-state index contributed by atoms with van der Waals surface area (Å²) < 4.78 is 66.9. The quantitative estimate of drug-likeness (QED) is 0.360. The Balaban J connectivity index is 1.84. The van der Waals surface area contributed by atoms with E-state index in [-0.39, 0.29) is 42.1 Å². The Bertz CT molecular complexity index is 1300. The lowest BCUT2D eigenvalue weighted by molar-refractivity contribution is -0.153. The Hall–Kier alpha value is -3.52. The molecule has 1 unspecified atom stereocenters. The molecule has 0 radical (unpaired) electrons. The van der Waals surface area contributed by atoms with Gasteiger partial charge in [-0.1, -0.05) is 12.1 Å². The van der Waals surface area contributed by atoms with Gasteiger partial charge in [0.15, 0.2) is 6.61 Å². The van der Waals surface area contributed by atoms with Crippen molar-refractivity contribution in [3.05, 3.63) is 47.8 Å². The third-order valence-electron chi connectivity index (χ3n) is 5.12. The molecule has 0 fully saturated rings. The van der Waals surface area contributed by atoms with Gasteiger partial charge in [0.05, 0.1) is 39.8 Å². The number of hydrogen-bond donors (Lipinski definition) is 0. The number of carbonyl (C=O) groups is 2. The molecule has 0 aliphatic rings. The molecule has 0 N–H and O–H groups in total. The van der Waals surface area contributed by atoms with Gasteiger partial charge in [-0.2, -0.15) is 13.2 Å². The number of benzene rings is 1. The first-order chi connectivity index (χ1) is 17.5. The van der Waals surface area contributed by atoms with Gasteiger partial charge in [-0.05, 0) is 25.1 Å². The second kappa shape index (κ2) is 12.1. The van der Waals surface area contributed by atoms with Crippen LogP contribution in [0, 0.1) is 6.92 Å². The van der Waals surface area contributed by atoms with E-state index in [1.165, 1.54) is 42.8 Å². The van der Waals surface area contributed by atoms with Crippen LogP contribution in [0.15, 0.2) is 41.7 Å². The number of pyridine rings is 1. The van der Waals surface area contributed by atoms with Crippen LogP contribution in [-0.2, 0) is 30.8 Å². The molecule has 2 aromatic heterocycles. The molecule has 3 rings (SSSR count). The van der Waals surface area contributed by atoms with Crippen LogP contribution in [0.3, 0.4) is 0 Å². The lowest BCUT2D eigenvalue weighted by Crippen LogP contribution is -2.35. The number of nitrogens with zero attached hydrogens (tertiary/aromatic N) is 4. The van der Waals surface area contributed by atoms with Crippen LogP contribution in [0.2, 0.25) is 0 Å². The number of rotatable bonds is 10. The van der Waals surface area contributed by atoms with Gasteiger partial charge in [0, 0.05) is 25.9 Å². The van der Waals surface area contributed by atoms with E-state index in [1.807, 2.05) is 0 Å². The highest BCUT2D eigenvalue weighted by Crippen LogP contribution is 2.26. The average molecular weight is 543 g/mol. The molecule has 2 heterocycles. The molecule has 1 aromatic carbocycles. The van der Waals surface area contributed by atoms with Crippen LogP contribution >= 0.6 is 0 Å². The number of carbonyl (C=O) groups excluding carboxylic acids is 2. The zero-order valence-electron chi connectivity index (χ0n) is 20.3. The summed E-state index contributed by atoms with van der Waals surface area (Å²) in [6.45, 7) is -0.214. The normalized spacial score (nSPS) is 12.4. The largest absolute Gasteiger partial charge is 0.484 e. The van der Waals surface area contributed by atoms with Crippen molar-refractivity contribution in [1.82, 2.24) is 19.4 Å². The Morgan fingerprint density at radius 2 is 1.92 bits per heavy atom. The van der Waals surface area contributed by atoms with E-state index in [0.29, 0.717) is 16.6 Å². The molecule has 0 bridgehead atoms. The Morgan fingerprint density at radius 3 is 2.62 bits per heavy atom. The van der Waals surface area contributed by atoms with E-state index in [0.717, 1.165) is 0 Å². The standard InChI is InChI=1S/C23H25F3N4O6S/c1-15-17(27-9-8-19(15)36-14-23(24,25)26)13-37(33)21-28-16-6-4-5-7-18(16)30(21)22(32)29(2)10-11-35-20(31)12-34-3/h4-9H,10-14H2,1-3H3. The minimum absolute atomic E-state index is 0.0355. The molecule has 1 atom stereocenters. The van der Waals surface area contributed by atoms with E-state index < -0.39 is 35.6 Å². The number of para-hydroxylation sites is 2. The summed E-state index contributed by atoms with van der Waals surface area (Å²) in [6, 6.07) is 7.43. The molecule has 0 saturated heterocycles. The molecule has 10 nitrogen and oxygen atoms in total. The highest BCUT2D eigenvalue weighted by atomic mass is 32.2. The molecule has 0 aliphatic heterocycles. The van der Waals surface area contributed by atoms with Crippen molar-refractivity contribution in [2.45, 2.75) is 24.0 Å². The van der Waals surface area contributed by atoms with Gasteiger partial charge >= 0.3 is 18.2 Å². The molecule has 200 valence electrons. The molecule has 0 spiro atoms. The van der Waals surface area contributed by atoms with Gasteiger partial charge in [-0.25, -0.2) is 19.1 Å². The fourth-order valence-electron chi connectivity index (χ4n) is 3.27. The summed E-state index contributed by atoms with van der Waals surface area (Å²) in [5.41, 5.74) is 1.36. The second-order valence-electron chi connectivity index (χ2n) is 7.85. The number of esters is 1. The van der Waals surface area contributed by atoms with Crippen molar-refractivity contribution < 1.29 is 41.2 Å². The number of alkyl halides is 3. The summed E-state index contributed by atoms with van der Waals surface area (Å²) in [5, 5.41) is -0.0581. The van der Waals surface area contributed by atoms with Gasteiger partial charge in [0.1, 0.15) is 19.0 Å². The van der Waals surface area contributed by atoms with Crippen LogP contribution in [0.1, 0.15) is 11.3 Å². The van der Waals surface area contributed by atoms with Crippen molar-refractivity contribution in [2.75, 3.05) is 40.5 Å². The first-order valence-electron chi connectivity index (χ1n) is 10.9. The van der Waals surface area contributed by atoms with Gasteiger partial charge < -0.3 is 19.1 Å². The maximum Gasteiger partial charge on any atom is 0.422 e. The van der Waals surface area contributed by atoms with E-state index >= 15 is 0 Å². The van der Waals surface area contributed by atoms with E-state index in [1.54, 1.807) is 24.3 Å². The van der Waals surface area contributed by atoms with E-state index in [4.69, 9.17) is 9.47 Å². The summed E-state index contributed by atoms with van der Waals surface area (Å²) in [7, 11) is 0.931. The fourth-order valence-corrected chi connectivity index (χ4v) is 4.52. The van der Waals surface area contributed by atoms with Crippen LogP contribution in [0.25, 0.3) is 11.0 Å². The van der Waals surface area contributed by atoms with Crippen molar-refractivity contribution >= 4 is 33.8 Å². The van der Waals surface area contributed by atoms with Crippen LogP contribution in [0.5, 0.6) is 5.75 Å². The zero-order valence-corrected chi connectivity index (χ0v) is 21.1. The Morgan fingerprint density at radius 1 is 1.19 bits per heavy atom. The maximum atomic E-state index is 13.4. The first kappa shape index (κ1) is 28.1. The van der Waals surface area contributed by atoms with Crippen molar-refractivity contribution in [1.29, 1.82) is 0 Å². The lowest BCUT2D eigenvalue weighted by Gasteiger charge is -2.19. The minimum atomic E-state index is -4.52. The van der Waals surface area contributed by atoms with Crippen molar-refractivity contribution in [3.8, 4) is 5.75 Å². The van der Waals surface area contributed by atoms with E-state index in [9.17, 15) is 27.0 Å².